The number of hydrogen-bond acceptors (Lipinski definition) is 4. The Kier molecular flexibility index (Phi) is 6.72. The summed E-state index contributed by atoms with van der Waals surface area (Å²) >= 11 is 6.20. The molecule has 2 aromatic rings. The molecule has 162 valence electrons. The highest BCUT2D eigenvalue weighted by atomic mass is 35.5. The van der Waals surface area contributed by atoms with Gasteiger partial charge in [0.2, 0.25) is 0 Å². The Morgan fingerprint density at radius 1 is 1.27 bits per heavy atom. The molecular weight excluding hydrogens is 429 g/mol. The van der Waals surface area contributed by atoms with Crippen LogP contribution < -0.4 is 4.74 Å². The second kappa shape index (κ2) is 8.94. The first kappa shape index (κ1) is 22.6. The van der Waals surface area contributed by atoms with Crippen LogP contribution in [0.2, 0.25) is 5.02 Å². The molecule has 0 bridgehead atoms. The maximum Gasteiger partial charge on any atom is 0.263 e. The van der Waals surface area contributed by atoms with E-state index in [1.54, 1.807) is 31.2 Å². The lowest BCUT2D eigenvalue weighted by Crippen LogP contribution is -2.46. The molecule has 1 heterocycles. The van der Waals surface area contributed by atoms with Crippen molar-refractivity contribution in [3.63, 3.8) is 0 Å². The molecule has 2 aromatic carbocycles. The fourth-order valence-electron chi connectivity index (χ4n) is 3.70. The Balaban J connectivity index is 1.83. The van der Waals surface area contributed by atoms with Gasteiger partial charge in [-0.25, -0.2) is 12.8 Å². The van der Waals surface area contributed by atoms with E-state index in [0.29, 0.717) is 22.8 Å². The molecule has 5 nitrogen and oxygen atoms in total. The molecule has 2 atom stereocenters. The Labute approximate surface area is 181 Å². The standard InChI is InChI=1S/C22H25ClFNO4S/c1-14-9-20(10-15(2)21(14)23)29-16(3)22(26)25(19-7-8-30(27,28)13-19)12-17-5-4-6-18(24)11-17/h4-6,9-11,16,19H,7-8,12-13H2,1-3H3/t16-,19-/m0/s1. The molecule has 0 unspecified atom stereocenters. The van der Waals surface area contributed by atoms with Gasteiger partial charge in [0.1, 0.15) is 11.6 Å². The van der Waals surface area contributed by atoms with Crippen molar-refractivity contribution >= 4 is 27.3 Å². The Bertz CT molecular complexity index is 1030. The fraction of sp³-hybridized carbons (Fsp3) is 0.409. The van der Waals surface area contributed by atoms with Gasteiger partial charge in [0.15, 0.2) is 15.9 Å². The lowest BCUT2D eigenvalue weighted by atomic mass is 10.1. The molecular formula is C22H25ClFNO4S. The first-order chi connectivity index (χ1) is 14.1. The van der Waals surface area contributed by atoms with Crippen molar-refractivity contribution in [1.82, 2.24) is 4.90 Å². The fourth-order valence-corrected chi connectivity index (χ4v) is 5.54. The highest BCUT2D eigenvalue weighted by molar-refractivity contribution is 7.91. The van der Waals surface area contributed by atoms with Crippen LogP contribution in [0.4, 0.5) is 4.39 Å². The monoisotopic (exact) mass is 453 g/mol. The lowest BCUT2D eigenvalue weighted by molar-refractivity contribution is -0.140. The number of rotatable bonds is 6. The van der Waals surface area contributed by atoms with E-state index in [-0.39, 0.29) is 24.0 Å². The second-order valence-corrected chi connectivity index (χ2v) is 10.4. The Hall–Kier alpha value is -2.12. The van der Waals surface area contributed by atoms with E-state index < -0.39 is 27.8 Å². The first-order valence-corrected chi connectivity index (χ1v) is 11.9. The zero-order chi connectivity index (χ0) is 22.1. The number of halogens is 2. The molecule has 1 amide bonds. The molecule has 0 aromatic heterocycles. The minimum atomic E-state index is -3.20. The number of benzene rings is 2. The van der Waals surface area contributed by atoms with Gasteiger partial charge in [0, 0.05) is 17.6 Å². The molecule has 3 rings (SSSR count). The minimum Gasteiger partial charge on any atom is -0.481 e. The number of amides is 1. The van der Waals surface area contributed by atoms with Gasteiger partial charge in [-0.1, -0.05) is 23.7 Å². The number of sulfone groups is 1. The Morgan fingerprint density at radius 3 is 2.50 bits per heavy atom. The van der Waals surface area contributed by atoms with Gasteiger partial charge in [-0.2, -0.15) is 0 Å². The summed E-state index contributed by atoms with van der Waals surface area (Å²) in [5.41, 5.74) is 2.27. The number of carbonyl (C=O) groups excluding carboxylic acids is 1. The van der Waals surface area contributed by atoms with Gasteiger partial charge in [0.25, 0.3) is 5.91 Å². The smallest absolute Gasteiger partial charge is 0.263 e. The highest BCUT2D eigenvalue weighted by Crippen LogP contribution is 2.27. The van der Waals surface area contributed by atoms with Crippen molar-refractivity contribution in [3.8, 4) is 5.75 Å². The molecule has 1 aliphatic heterocycles. The van der Waals surface area contributed by atoms with Crippen molar-refractivity contribution in [1.29, 1.82) is 0 Å². The summed E-state index contributed by atoms with van der Waals surface area (Å²) in [4.78, 5) is 14.8. The number of carbonyl (C=O) groups is 1. The first-order valence-electron chi connectivity index (χ1n) is 9.74. The van der Waals surface area contributed by atoms with Gasteiger partial charge < -0.3 is 9.64 Å². The molecule has 0 radical (unpaired) electrons. The topological polar surface area (TPSA) is 63.7 Å². The molecule has 8 heteroatoms. The van der Waals surface area contributed by atoms with E-state index >= 15 is 0 Å². The third kappa shape index (κ3) is 5.32. The van der Waals surface area contributed by atoms with Crippen molar-refractivity contribution in [3.05, 3.63) is 63.9 Å². The summed E-state index contributed by atoms with van der Waals surface area (Å²) in [7, 11) is -3.20. The summed E-state index contributed by atoms with van der Waals surface area (Å²) < 4.78 is 43.5. The zero-order valence-corrected chi connectivity index (χ0v) is 18.8. The minimum absolute atomic E-state index is 0.0371. The third-order valence-electron chi connectivity index (χ3n) is 5.24. The van der Waals surface area contributed by atoms with E-state index in [1.807, 2.05) is 13.8 Å². The van der Waals surface area contributed by atoms with Gasteiger partial charge in [-0.05, 0) is 68.1 Å². The molecule has 1 aliphatic rings. The average molecular weight is 454 g/mol. The predicted molar refractivity (Wildman–Crippen MR) is 115 cm³/mol. The van der Waals surface area contributed by atoms with Crippen LogP contribution in [-0.4, -0.2) is 42.9 Å². The zero-order valence-electron chi connectivity index (χ0n) is 17.2. The third-order valence-corrected chi connectivity index (χ3v) is 7.59. The van der Waals surface area contributed by atoms with Gasteiger partial charge in [-0.3, -0.25) is 4.79 Å². The molecule has 1 saturated heterocycles. The summed E-state index contributed by atoms with van der Waals surface area (Å²) in [6.45, 7) is 5.45. The molecule has 0 aliphatic carbocycles. The van der Waals surface area contributed by atoms with Crippen LogP contribution in [0.25, 0.3) is 0 Å². The average Bonchev–Trinajstić information content (AvgIpc) is 3.03. The largest absolute Gasteiger partial charge is 0.481 e. The molecule has 0 spiro atoms. The number of nitrogens with zero attached hydrogens (tertiary/aromatic N) is 1. The summed E-state index contributed by atoms with van der Waals surface area (Å²) in [6.07, 6.45) is -0.489. The summed E-state index contributed by atoms with van der Waals surface area (Å²) in [5.74, 6) is -0.294. The van der Waals surface area contributed by atoms with Crippen molar-refractivity contribution in [2.75, 3.05) is 11.5 Å². The van der Waals surface area contributed by atoms with Gasteiger partial charge in [-0.15, -0.1) is 0 Å². The molecule has 30 heavy (non-hydrogen) atoms. The van der Waals surface area contributed by atoms with E-state index in [1.165, 1.54) is 17.0 Å². The van der Waals surface area contributed by atoms with Gasteiger partial charge >= 0.3 is 0 Å². The van der Waals surface area contributed by atoms with Crippen LogP contribution in [0.15, 0.2) is 36.4 Å². The quantitative estimate of drug-likeness (QED) is 0.661. The van der Waals surface area contributed by atoms with Gasteiger partial charge in [0.05, 0.1) is 11.5 Å². The molecule has 0 saturated carbocycles. The predicted octanol–water partition coefficient (Wildman–Crippen LogP) is 4.08. The maximum absolute atomic E-state index is 13.6. The van der Waals surface area contributed by atoms with E-state index in [4.69, 9.17) is 16.3 Å². The SMILES string of the molecule is Cc1cc(O[C@@H](C)C(=O)N(Cc2cccc(F)c2)[C@H]2CCS(=O)(=O)C2)cc(C)c1Cl. The van der Waals surface area contributed by atoms with Crippen LogP contribution in [0.3, 0.4) is 0 Å². The van der Waals surface area contributed by atoms with E-state index in [0.717, 1.165) is 11.1 Å². The number of ether oxygens (including phenoxy) is 1. The van der Waals surface area contributed by atoms with E-state index in [2.05, 4.69) is 0 Å². The van der Waals surface area contributed by atoms with Crippen LogP contribution in [0, 0.1) is 19.7 Å². The highest BCUT2D eigenvalue weighted by Gasteiger charge is 2.36. The van der Waals surface area contributed by atoms with Crippen LogP contribution in [-0.2, 0) is 21.2 Å². The lowest BCUT2D eigenvalue weighted by Gasteiger charge is -2.31. The van der Waals surface area contributed by atoms with Crippen molar-refractivity contribution < 1.29 is 22.3 Å². The normalized spacial score (nSPS) is 18.8. The molecule has 1 fully saturated rings. The number of aryl methyl sites for hydroxylation is 2. The maximum atomic E-state index is 13.6. The summed E-state index contributed by atoms with van der Waals surface area (Å²) in [6, 6.07) is 9.01. The van der Waals surface area contributed by atoms with Crippen LogP contribution in [0.5, 0.6) is 5.75 Å². The second-order valence-electron chi connectivity index (χ2n) is 7.78. The van der Waals surface area contributed by atoms with Crippen LogP contribution >= 0.6 is 11.6 Å². The van der Waals surface area contributed by atoms with Crippen molar-refractivity contribution in [2.24, 2.45) is 0 Å². The number of hydrogen-bond donors (Lipinski definition) is 0. The van der Waals surface area contributed by atoms with E-state index in [9.17, 15) is 17.6 Å². The summed E-state index contributed by atoms with van der Waals surface area (Å²) in [5, 5.41) is 0.644. The van der Waals surface area contributed by atoms with Crippen LogP contribution in [0.1, 0.15) is 30.0 Å². The Morgan fingerprint density at radius 2 is 1.93 bits per heavy atom. The molecule has 0 N–H and O–H groups in total. The van der Waals surface area contributed by atoms with Crippen molar-refractivity contribution in [2.45, 2.75) is 45.9 Å².